The van der Waals surface area contributed by atoms with Gasteiger partial charge in [-0.2, -0.15) is 0 Å². The van der Waals surface area contributed by atoms with Gasteiger partial charge < -0.3 is 0 Å². The number of allylic oxidation sites excluding steroid dienone is 4. The van der Waals surface area contributed by atoms with Gasteiger partial charge in [0.25, 0.3) is 0 Å². The lowest BCUT2D eigenvalue weighted by Gasteiger charge is -2.16. The van der Waals surface area contributed by atoms with Crippen LogP contribution in [0.4, 0.5) is 5.69 Å². The highest BCUT2D eigenvalue weighted by molar-refractivity contribution is 7.15. The molecule has 5 rings (SSSR count). The van der Waals surface area contributed by atoms with Gasteiger partial charge in [-0.05, 0) is 47.9 Å². The highest BCUT2D eigenvalue weighted by Gasteiger charge is 2.12. The first-order valence-corrected chi connectivity index (χ1v) is 11.5. The molecule has 1 atom stereocenters. The van der Waals surface area contributed by atoms with Gasteiger partial charge in [0.1, 0.15) is 0 Å². The van der Waals surface area contributed by atoms with Gasteiger partial charge in [0.05, 0.1) is 5.69 Å². The Bertz CT molecular complexity index is 1330. The highest BCUT2D eigenvalue weighted by Crippen LogP contribution is 2.35. The summed E-state index contributed by atoms with van der Waals surface area (Å²) in [5, 5.41) is 4.79. The largest absolute Gasteiger partial charge is 0.259 e. The molecular weight excluding hydrogens is 396 g/mol. The van der Waals surface area contributed by atoms with Gasteiger partial charge >= 0.3 is 0 Å². The number of hydrogen-bond donors (Lipinski definition) is 0. The summed E-state index contributed by atoms with van der Waals surface area (Å²) in [6.07, 6.45) is 9.44. The molecule has 1 unspecified atom stereocenters. The number of fused-ring (bicyclic) bond motifs is 2. The molecule has 0 radical (unpaired) electrons. The fraction of sp³-hybridized carbons (Fsp3) is 0.143. The normalized spacial score (nSPS) is 17.0. The Morgan fingerprint density at radius 1 is 0.839 bits per heavy atom. The van der Waals surface area contributed by atoms with Gasteiger partial charge in [0.15, 0.2) is 0 Å². The smallest absolute Gasteiger partial charge is 0.0786 e. The Morgan fingerprint density at radius 2 is 1.45 bits per heavy atom. The predicted octanol–water partition coefficient (Wildman–Crippen LogP) is 8.09. The van der Waals surface area contributed by atoms with Crippen molar-refractivity contribution in [2.45, 2.75) is 20.3 Å². The van der Waals surface area contributed by atoms with E-state index in [1.54, 1.807) is 11.3 Å². The molecule has 1 heterocycles. The molecule has 0 saturated carbocycles. The van der Waals surface area contributed by atoms with Crippen LogP contribution < -0.4 is 0 Å². The third-order valence-electron chi connectivity index (χ3n) is 5.77. The Kier molecular flexibility index (Phi) is 5.35. The summed E-state index contributed by atoms with van der Waals surface area (Å²) in [5.41, 5.74) is 3.48. The molecule has 3 aromatic carbocycles. The van der Waals surface area contributed by atoms with E-state index in [0.29, 0.717) is 5.92 Å². The summed E-state index contributed by atoms with van der Waals surface area (Å²) in [5.74, 6) is 0.474. The van der Waals surface area contributed by atoms with Crippen molar-refractivity contribution in [3.8, 4) is 0 Å². The Morgan fingerprint density at radius 3 is 2.10 bits per heavy atom. The van der Waals surface area contributed by atoms with Crippen molar-refractivity contribution in [1.82, 2.24) is 0 Å². The Hall–Kier alpha value is -3.30. The maximum Gasteiger partial charge on any atom is 0.0786 e. The van der Waals surface area contributed by atoms with Gasteiger partial charge in [0.2, 0.25) is 0 Å². The number of nitrogens with zero attached hydrogens (tertiary/aromatic N) is 2. The van der Waals surface area contributed by atoms with Crippen molar-refractivity contribution in [3.05, 3.63) is 99.9 Å². The lowest BCUT2D eigenvalue weighted by molar-refractivity contribution is 0.670. The van der Waals surface area contributed by atoms with E-state index in [4.69, 9.17) is 9.98 Å². The second-order valence-corrected chi connectivity index (χ2v) is 9.18. The van der Waals surface area contributed by atoms with Crippen molar-refractivity contribution in [2.75, 3.05) is 0 Å². The van der Waals surface area contributed by atoms with Crippen LogP contribution in [0.2, 0.25) is 0 Å². The van der Waals surface area contributed by atoms with Gasteiger partial charge in [-0.15, -0.1) is 11.3 Å². The number of thiophene rings is 1. The van der Waals surface area contributed by atoms with Crippen molar-refractivity contribution >= 4 is 51.0 Å². The number of benzene rings is 3. The molecule has 1 aromatic heterocycles. The molecule has 31 heavy (non-hydrogen) atoms. The van der Waals surface area contributed by atoms with E-state index in [0.717, 1.165) is 21.9 Å². The van der Waals surface area contributed by atoms with Crippen LogP contribution in [0, 0.1) is 5.92 Å². The molecule has 152 valence electrons. The van der Waals surface area contributed by atoms with Crippen LogP contribution in [0.15, 0.2) is 100 Å². The van der Waals surface area contributed by atoms with Gasteiger partial charge in [-0.3, -0.25) is 9.98 Å². The number of hydrogen-bond acceptors (Lipinski definition) is 3. The highest BCUT2D eigenvalue weighted by atomic mass is 32.1. The van der Waals surface area contributed by atoms with Gasteiger partial charge in [-0.25, -0.2) is 0 Å². The van der Waals surface area contributed by atoms with E-state index in [1.165, 1.54) is 32.8 Å². The average Bonchev–Trinajstić information content (AvgIpc) is 3.24. The summed E-state index contributed by atoms with van der Waals surface area (Å²) in [6.45, 7) is 4.38. The number of aliphatic imine (C=N–C) groups is 2. The quantitative estimate of drug-likeness (QED) is 0.235. The first-order chi connectivity index (χ1) is 15.2. The molecule has 0 bridgehead atoms. The van der Waals surface area contributed by atoms with Crippen LogP contribution in [-0.4, -0.2) is 12.4 Å². The monoisotopic (exact) mass is 420 g/mol. The lowest BCUT2D eigenvalue weighted by atomic mass is 9.95. The predicted molar refractivity (Wildman–Crippen MR) is 136 cm³/mol. The van der Waals surface area contributed by atoms with Crippen LogP contribution in [-0.2, 0) is 0 Å². The molecule has 0 spiro atoms. The van der Waals surface area contributed by atoms with Crippen LogP contribution in [0.1, 0.15) is 30.0 Å². The van der Waals surface area contributed by atoms with Crippen LogP contribution in [0.3, 0.4) is 0 Å². The van der Waals surface area contributed by atoms with Crippen molar-refractivity contribution < 1.29 is 0 Å². The summed E-state index contributed by atoms with van der Waals surface area (Å²) in [7, 11) is 0. The fourth-order valence-electron chi connectivity index (χ4n) is 4.16. The van der Waals surface area contributed by atoms with Crippen LogP contribution in [0.25, 0.3) is 21.5 Å². The molecule has 2 nitrogen and oxygen atoms in total. The second kappa shape index (κ2) is 8.44. The standard InChI is InChI=1S/C28H24N2S/c1-19-8-7-9-20(2)27(19)29-17-23-14-15-24(31-23)18-30-28-25-12-5-3-10-21(25)16-22-11-4-6-13-26(22)28/h3-8,10-18,20H,9H2,1-2H3. The van der Waals surface area contributed by atoms with Crippen LogP contribution in [0.5, 0.6) is 0 Å². The lowest BCUT2D eigenvalue weighted by Crippen LogP contribution is -2.02. The zero-order valence-corrected chi connectivity index (χ0v) is 18.6. The molecule has 0 saturated heterocycles. The minimum absolute atomic E-state index is 0.474. The average molecular weight is 421 g/mol. The SMILES string of the molecule is CC1=C(N=Cc2ccc(C=Nc3c4ccccc4cc4ccccc34)s2)C(C)CC=C1. The summed E-state index contributed by atoms with van der Waals surface area (Å²) >= 11 is 1.71. The summed E-state index contributed by atoms with van der Waals surface area (Å²) < 4.78 is 0. The Labute approximate surface area is 187 Å². The fourth-order valence-corrected chi connectivity index (χ4v) is 4.92. The van der Waals surface area contributed by atoms with E-state index < -0.39 is 0 Å². The second-order valence-electron chi connectivity index (χ2n) is 8.03. The minimum Gasteiger partial charge on any atom is -0.259 e. The molecule has 0 aliphatic heterocycles. The van der Waals surface area contributed by atoms with E-state index >= 15 is 0 Å². The van der Waals surface area contributed by atoms with Crippen molar-refractivity contribution in [3.63, 3.8) is 0 Å². The van der Waals surface area contributed by atoms with Gasteiger partial charge in [-0.1, -0.05) is 67.6 Å². The van der Waals surface area contributed by atoms with E-state index in [1.807, 2.05) is 12.4 Å². The topological polar surface area (TPSA) is 24.7 Å². The molecule has 0 amide bonds. The van der Waals surface area contributed by atoms with E-state index in [2.05, 4.69) is 92.7 Å². The third-order valence-corrected chi connectivity index (χ3v) is 6.72. The minimum atomic E-state index is 0.474. The number of rotatable bonds is 4. The Balaban J connectivity index is 1.47. The molecule has 3 heteroatoms. The summed E-state index contributed by atoms with van der Waals surface area (Å²) in [4.78, 5) is 12.0. The molecule has 1 aliphatic carbocycles. The van der Waals surface area contributed by atoms with E-state index in [9.17, 15) is 0 Å². The summed E-state index contributed by atoms with van der Waals surface area (Å²) in [6, 6.07) is 23.4. The first kappa shape index (κ1) is 19.7. The maximum absolute atomic E-state index is 4.94. The first-order valence-electron chi connectivity index (χ1n) is 10.6. The zero-order chi connectivity index (χ0) is 21.2. The zero-order valence-electron chi connectivity index (χ0n) is 17.7. The van der Waals surface area contributed by atoms with E-state index in [-0.39, 0.29) is 0 Å². The van der Waals surface area contributed by atoms with Crippen LogP contribution >= 0.6 is 11.3 Å². The maximum atomic E-state index is 4.94. The molecule has 4 aromatic rings. The van der Waals surface area contributed by atoms with Crippen molar-refractivity contribution in [1.29, 1.82) is 0 Å². The molecular formula is C28H24N2S. The van der Waals surface area contributed by atoms with Gasteiger partial charge in [0, 0.05) is 44.6 Å². The van der Waals surface area contributed by atoms with Crippen molar-refractivity contribution in [2.24, 2.45) is 15.9 Å². The molecule has 0 N–H and O–H groups in total. The third kappa shape index (κ3) is 4.01. The molecule has 1 aliphatic rings. The molecule has 0 fully saturated rings.